The molecule has 0 aromatic heterocycles. The summed E-state index contributed by atoms with van der Waals surface area (Å²) in [6.45, 7) is 9.28. The normalized spacial score (nSPS) is 25.9. The molecule has 0 fully saturated rings. The first-order valence-corrected chi connectivity index (χ1v) is 16.2. The van der Waals surface area contributed by atoms with Crippen molar-refractivity contribution in [3.8, 4) is 0 Å². The van der Waals surface area contributed by atoms with Crippen LogP contribution in [0.5, 0.6) is 0 Å². The molecule has 0 radical (unpaired) electrons. The van der Waals surface area contributed by atoms with E-state index in [0.717, 1.165) is 38.5 Å². The number of hydrogen-bond donors (Lipinski definition) is 4. The summed E-state index contributed by atoms with van der Waals surface area (Å²) in [4.78, 5) is 39.7. The van der Waals surface area contributed by atoms with E-state index in [-0.39, 0.29) is 43.3 Å². The second kappa shape index (κ2) is 18.6. The van der Waals surface area contributed by atoms with Crippen LogP contribution in [0.15, 0.2) is 12.2 Å². The fourth-order valence-corrected chi connectivity index (χ4v) is 6.65. The number of carbonyl (C=O) groups excluding carboxylic acids is 3. The first kappa shape index (κ1) is 35.3. The minimum atomic E-state index is -4.05. The van der Waals surface area contributed by atoms with Crippen LogP contribution >= 0.6 is 7.60 Å². The second-order valence-corrected chi connectivity index (χ2v) is 12.7. The Labute approximate surface area is 235 Å². The van der Waals surface area contributed by atoms with E-state index in [1.54, 1.807) is 13.8 Å². The van der Waals surface area contributed by atoms with Gasteiger partial charge in [0.25, 0.3) is 0 Å². The summed E-state index contributed by atoms with van der Waals surface area (Å²) in [5, 5.41) is 19.7. The quantitative estimate of drug-likeness (QED) is 0.213. The van der Waals surface area contributed by atoms with E-state index in [1.165, 1.54) is 7.05 Å². The molecule has 0 spiro atoms. The molecule has 11 heteroatoms. The van der Waals surface area contributed by atoms with Crippen LogP contribution in [0.1, 0.15) is 92.4 Å². The Kier molecular flexibility index (Phi) is 16.8. The van der Waals surface area contributed by atoms with E-state index in [1.807, 2.05) is 32.9 Å². The summed E-state index contributed by atoms with van der Waals surface area (Å²) in [7, 11) is -2.52. The lowest BCUT2D eigenvalue weighted by atomic mass is 9.92. The molecule has 0 aliphatic carbocycles. The molecule has 0 saturated heterocycles. The van der Waals surface area contributed by atoms with E-state index < -0.39 is 37.3 Å². The molecule has 0 saturated carbocycles. The van der Waals surface area contributed by atoms with Crippen LogP contribution in [0.3, 0.4) is 0 Å². The molecule has 0 bridgehead atoms. The third kappa shape index (κ3) is 12.1. The van der Waals surface area contributed by atoms with Gasteiger partial charge in [0, 0.05) is 18.9 Å². The number of hydrogen-bond acceptors (Lipinski definition) is 7. The lowest BCUT2D eigenvalue weighted by Gasteiger charge is -2.33. The zero-order chi connectivity index (χ0) is 29.4. The second-order valence-electron chi connectivity index (χ2n) is 10.6. The molecule has 0 aromatic carbocycles. The Morgan fingerprint density at radius 3 is 2.33 bits per heavy atom. The van der Waals surface area contributed by atoms with Crippen LogP contribution in [0, 0.1) is 17.8 Å². The minimum absolute atomic E-state index is 0.00185. The van der Waals surface area contributed by atoms with Crippen LogP contribution in [0.2, 0.25) is 0 Å². The molecule has 5 atom stereocenters. The van der Waals surface area contributed by atoms with Crippen molar-refractivity contribution < 1.29 is 33.1 Å². The minimum Gasteiger partial charge on any atom is -0.379 e. The first-order chi connectivity index (χ1) is 18.5. The molecule has 3 unspecified atom stereocenters. The molecule has 1 aliphatic rings. The van der Waals surface area contributed by atoms with E-state index in [0.29, 0.717) is 12.8 Å². The smallest absolute Gasteiger partial charge is 0.360 e. The first-order valence-electron chi connectivity index (χ1n) is 14.6. The van der Waals surface area contributed by atoms with Gasteiger partial charge >= 0.3 is 7.60 Å². The van der Waals surface area contributed by atoms with E-state index in [4.69, 9.17) is 9.05 Å². The monoisotopic (exact) mass is 573 g/mol. The number of aliphatic hydroxyl groups excluding tert-OH is 1. The summed E-state index contributed by atoms with van der Waals surface area (Å²) in [6.07, 6.45) is 9.68. The van der Waals surface area contributed by atoms with Crippen molar-refractivity contribution >= 4 is 25.3 Å². The third-order valence-corrected chi connectivity index (χ3v) is 9.14. The number of allylic oxidation sites excluding steroid dienone is 2. The summed E-state index contributed by atoms with van der Waals surface area (Å²) in [5.74, 6) is -3.33. The largest absolute Gasteiger partial charge is 0.379 e. The molecule has 1 aliphatic heterocycles. The van der Waals surface area contributed by atoms with Gasteiger partial charge in [-0.1, -0.05) is 45.8 Å². The predicted octanol–water partition coefficient (Wildman–Crippen LogP) is 4.28. The van der Waals surface area contributed by atoms with Gasteiger partial charge < -0.3 is 30.1 Å². The van der Waals surface area contributed by atoms with Crippen molar-refractivity contribution in [2.45, 2.75) is 110 Å². The molecule has 10 nitrogen and oxygen atoms in total. The van der Waals surface area contributed by atoms with Gasteiger partial charge in [-0.15, -0.1) is 0 Å². The molecule has 39 heavy (non-hydrogen) atoms. The van der Waals surface area contributed by atoms with Crippen LogP contribution < -0.4 is 16.0 Å². The maximum absolute atomic E-state index is 13.6. The topological polar surface area (TPSA) is 143 Å². The number of rotatable bonds is 11. The zero-order valence-corrected chi connectivity index (χ0v) is 25.6. The highest BCUT2D eigenvalue weighted by molar-refractivity contribution is 7.54. The van der Waals surface area contributed by atoms with E-state index in [9.17, 15) is 24.1 Å². The average Bonchev–Trinajstić information content (AvgIpc) is 2.88. The van der Waals surface area contributed by atoms with Gasteiger partial charge in [0.1, 0.15) is 6.04 Å². The Morgan fingerprint density at radius 2 is 1.77 bits per heavy atom. The Bertz CT molecular complexity index is 826. The van der Waals surface area contributed by atoms with Crippen molar-refractivity contribution in [1.82, 2.24) is 16.0 Å². The van der Waals surface area contributed by atoms with Crippen molar-refractivity contribution in [3.05, 3.63) is 12.2 Å². The van der Waals surface area contributed by atoms with Crippen molar-refractivity contribution in [3.63, 3.8) is 0 Å². The summed E-state index contributed by atoms with van der Waals surface area (Å²) < 4.78 is 24.3. The molecule has 1 rings (SSSR count). The van der Waals surface area contributed by atoms with Crippen LogP contribution in [-0.4, -0.2) is 61.0 Å². The number of carbonyl (C=O) groups is 3. The van der Waals surface area contributed by atoms with Crippen LogP contribution in [0.25, 0.3) is 0 Å². The summed E-state index contributed by atoms with van der Waals surface area (Å²) in [6, 6.07) is -1.97. The molecular formula is C28H52N3O7P. The fourth-order valence-electron chi connectivity index (χ4n) is 4.91. The van der Waals surface area contributed by atoms with Crippen LogP contribution in [0.4, 0.5) is 0 Å². The van der Waals surface area contributed by atoms with Gasteiger partial charge in [-0.2, -0.15) is 0 Å². The molecular weight excluding hydrogens is 521 g/mol. The molecule has 0 aromatic rings. The predicted molar refractivity (Wildman–Crippen MR) is 153 cm³/mol. The summed E-state index contributed by atoms with van der Waals surface area (Å²) >= 11 is 0. The third-order valence-electron chi connectivity index (χ3n) is 6.89. The Balaban J connectivity index is 3.49. The number of aliphatic hydroxyl groups is 1. The number of nitrogens with one attached hydrogen (secondary N) is 3. The van der Waals surface area contributed by atoms with Crippen molar-refractivity contribution in [2.24, 2.45) is 17.8 Å². The van der Waals surface area contributed by atoms with Gasteiger partial charge in [0.05, 0.1) is 19.3 Å². The Morgan fingerprint density at radius 1 is 1.10 bits per heavy atom. The molecule has 3 amide bonds. The Hall–Kier alpha value is -1.74. The van der Waals surface area contributed by atoms with Gasteiger partial charge in [0.15, 0.2) is 5.85 Å². The highest BCUT2D eigenvalue weighted by Gasteiger charge is 2.43. The van der Waals surface area contributed by atoms with Gasteiger partial charge in [-0.25, -0.2) is 0 Å². The lowest BCUT2D eigenvalue weighted by Crippen LogP contribution is -2.54. The number of amides is 3. The molecule has 1 heterocycles. The van der Waals surface area contributed by atoms with Gasteiger partial charge in [0.2, 0.25) is 17.7 Å². The maximum atomic E-state index is 13.6. The summed E-state index contributed by atoms with van der Waals surface area (Å²) in [5.41, 5.74) is 0. The molecule has 226 valence electrons. The highest BCUT2D eigenvalue weighted by atomic mass is 31.2. The zero-order valence-electron chi connectivity index (χ0n) is 24.7. The lowest BCUT2D eigenvalue weighted by molar-refractivity contribution is -0.132. The maximum Gasteiger partial charge on any atom is 0.360 e. The fraction of sp³-hybridized carbons (Fsp3) is 0.821. The van der Waals surface area contributed by atoms with E-state index in [2.05, 4.69) is 16.0 Å². The highest BCUT2D eigenvalue weighted by Crippen LogP contribution is 2.53. The van der Waals surface area contributed by atoms with Crippen molar-refractivity contribution in [2.75, 3.05) is 20.3 Å². The van der Waals surface area contributed by atoms with Gasteiger partial charge in [-0.3, -0.25) is 18.9 Å². The average molecular weight is 574 g/mol. The van der Waals surface area contributed by atoms with E-state index >= 15 is 0 Å². The van der Waals surface area contributed by atoms with Crippen molar-refractivity contribution in [1.29, 1.82) is 0 Å². The van der Waals surface area contributed by atoms with Crippen LogP contribution in [-0.2, 0) is 28.0 Å². The SMILES string of the molecule is CCCC1CCCC/C=C/CC(C(=O)NC)C[C@@H](C(O)P(=O)(OCC)OCC)NC(=O)[C@H](CC(C)C)NC1=O. The van der Waals surface area contributed by atoms with Gasteiger partial charge in [-0.05, 0) is 64.7 Å². The molecule has 4 N–H and O–H groups in total. The standard InChI is InChI=1S/C28H52N3O7P/c1-7-15-21-16-13-11-10-12-14-17-22(25(32)29-6)19-24(28(35)39(36,37-8-2)38-9-3)31-27(34)23(18-20(4)5)30-26(21)33/h12,14,20-24,28,35H,7-11,13,15-19H2,1-6H3,(H,29,32)(H,30,33)(H,31,34)/b14-12+/t21?,22?,23-,24-,28?/m0/s1.